The highest BCUT2D eigenvalue weighted by molar-refractivity contribution is 5.48. The number of rotatable bonds is 7. The van der Waals surface area contributed by atoms with E-state index >= 15 is 0 Å². The first kappa shape index (κ1) is 12.7. The van der Waals surface area contributed by atoms with Crippen molar-refractivity contribution < 1.29 is 4.74 Å². The molecule has 0 amide bonds. The standard InChI is InChI=1S/C15H20O/c1-2-3-4-8-13-16-14-9-12-15-10-6-5-7-11-15/h3-7,9-12H,2,8,13-14H2,1H3/b4-3-,12-9+. The van der Waals surface area contributed by atoms with Crippen LogP contribution < -0.4 is 0 Å². The van der Waals surface area contributed by atoms with Crippen LogP contribution in [0.5, 0.6) is 0 Å². The van der Waals surface area contributed by atoms with Crippen molar-refractivity contribution in [3.05, 3.63) is 54.1 Å². The van der Waals surface area contributed by atoms with Crippen LogP contribution in [0.3, 0.4) is 0 Å². The van der Waals surface area contributed by atoms with E-state index in [1.54, 1.807) is 0 Å². The van der Waals surface area contributed by atoms with Gasteiger partial charge in [0, 0.05) is 0 Å². The van der Waals surface area contributed by atoms with Crippen molar-refractivity contribution in [2.75, 3.05) is 13.2 Å². The zero-order valence-corrected chi connectivity index (χ0v) is 9.93. The van der Waals surface area contributed by atoms with Crippen LogP contribution in [-0.4, -0.2) is 13.2 Å². The van der Waals surface area contributed by atoms with Crippen LogP contribution in [-0.2, 0) is 4.74 Å². The number of hydrogen-bond acceptors (Lipinski definition) is 1. The average molecular weight is 216 g/mol. The maximum atomic E-state index is 5.46. The first-order chi connectivity index (χ1) is 7.93. The van der Waals surface area contributed by atoms with E-state index in [-0.39, 0.29) is 0 Å². The Morgan fingerprint density at radius 2 is 1.88 bits per heavy atom. The Labute approximate surface area is 98.5 Å². The minimum absolute atomic E-state index is 0.689. The number of ether oxygens (including phenoxy) is 1. The van der Waals surface area contributed by atoms with E-state index in [0.717, 1.165) is 19.4 Å². The van der Waals surface area contributed by atoms with Gasteiger partial charge in [0.15, 0.2) is 0 Å². The molecule has 1 heteroatoms. The van der Waals surface area contributed by atoms with Crippen LogP contribution in [0.25, 0.3) is 6.08 Å². The van der Waals surface area contributed by atoms with Crippen molar-refractivity contribution in [1.29, 1.82) is 0 Å². The summed E-state index contributed by atoms with van der Waals surface area (Å²) >= 11 is 0. The molecule has 0 unspecified atom stereocenters. The first-order valence-corrected chi connectivity index (χ1v) is 5.88. The van der Waals surface area contributed by atoms with Crippen molar-refractivity contribution in [3.63, 3.8) is 0 Å². The molecule has 0 saturated heterocycles. The van der Waals surface area contributed by atoms with Crippen molar-refractivity contribution in [2.24, 2.45) is 0 Å². The van der Waals surface area contributed by atoms with E-state index in [9.17, 15) is 0 Å². The fourth-order valence-electron chi connectivity index (χ4n) is 1.34. The third kappa shape index (κ3) is 6.20. The lowest BCUT2D eigenvalue weighted by atomic mass is 10.2. The normalized spacial score (nSPS) is 11.6. The molecule has 1 nitrogen and oxygen atoms in total. The zero-order chi connectivity index (χ0) is 11.5. The Kier molecular flexibility index (Phi) is 7.10. The second-order valence-electron chi connectivity index (χ2n) is 3.56. The van der Waals surface area contributed by atoms with Crippen LogP contribution in [0.2, 0.25) is 0 Å². The molecule has 0 heterocycles. The lowest BCUT2D eigenvalue weighted by Crippen LogP contribution is -1.92. The lowest BCUT2D eigenvalue weighted by molar-refractivity contribution is 0.168. The van der Waals surface area contributed by atoms with Crippen molar-refractivity contribution in [2.45, 2.75) is 19.8 Å². The SMILES string of the molecule is CC/C=C\CCOC/C=C/c1ccccc1. The van der Waals surface area contributed by atoms with Gasteiger partial charge in [0.2, 0.25) is 0 Å². The van der Waals surface area contributed by atoms with E-state index in [2.05, 4.69) is 43.4 Å². The molecule has 0 fully saturated rings. The predicted octanol–water partition coefficient (Wildman–Crippen LogP) is 4.07. The van der Waals surface area contributed by atoms with Gasteiger partial charge in [0.1, 0.15) is 0 Å². The second kappa shape index (κ2) is 8.93. The number of hydrogen-bond donors (Lipinski definition) is 0. The molecule has 1 aromatic rings. The number of allylic oxidation sites excluding steroid dienone is 1. The van der Waals surface area contributed by atoms with Crippen molar-refractivity contribution in [3.8, 4) is 0 Å². The Morgan fingerprint density at radius 3 is 2.62 bits per heavy atom. The molecular weight excluding hydrogens is 196 g/mol. The Morgan fingerprint density at radius 1 is 1.06 bits per heavy atom. The molecule has 1 aromatic carbocycles. The molecule has 0 aromatic heterocycles. The minimum Gasteiger partial charge on any atom is -0.377 e. The summed E-state index contributed by atoms with van der Waals surface area (Å²) in [5.74, 6) is 0. The molecular formula is C15H20O. The Bertz CT molecular complexity index is 311. The van der Waals surface area contributed by atoms with Gasteiger partial charge in [0.05, 0.1) is 13.2 Å². The maximum Gasteiger partial charge on any atom is 0.0650 e. The zero-order valence-electron chi connectivity index (χ0n) is 9.93. The molecule has 0 spiro atoms. The minimum atomic E-state index is 0.689. The Hall–Kier alpha value is -1.34. The van der Waals surface area contributed by atoms with Gasteiger partial charge in [0.25, 0.3) is 0 Å². The highest BCUT2D eigenvalue weighted by Gasteiger charge is 1.84. The van der Waals surface area contributed by atoms with Crippen LogP contribution in [0.1, 0.15) is 25.3 Å². The molecule has 0 aliphatic rings. The third-order valence-corrected chi connectivity index (χ3v) is 2.16. The average Bonchev–Trinajstić information content (AvgIpc) is 2.34. The van der Waals surface area contributed by atoms with Crippen LogP contribution >= 0.6 is 0 Å². The monoisotopic (exact) mass is 216 g/mol. The predicted molar refractivity (Wildman–Crippen MR) is 70.3 cm³/mol. The molecule has 0 radical (unpaired) electrons. The van der Waals surface area contributed by atoms with Crippen molar-refractivity contribution >= 4 is 6.08 Å². The van der Waals surface area contributed by atoms with Crippen LogP contribution in [0.4, 0.5) is 0 Å². The van der Waals surface area contributed by atoms with Crippen LogP contribution in [0.15, 0.2) is 48.6 Å². The summed E-state index contributed by atoms with van der Waals surface area (Å²) in [6, 6.07) is 10.3. The van der Waals surface area contributed by atoms with E-state index in [1.807, 2.05) is 18.2 Å². The summed E-state index contributed by atoms with van der Waals surface area (Å²) in [6.45, 7) is 3.63. The van der Waals surface area contributed by atoms with E-state index < -0.39 is 0 Å². The van der Waals surface area contributed by atoms with Gasteiger partial charge in [-0.25, -0.2) is 0 Å². The first-order valence-electron chi connectivity index (χ1n) is 5.88. The molecule has 0 atom stereocenters. The van der Waals surface area contributed by atoms with Gasteiger partial charge in [-0.3, -0.25) is 0 Å². The van der Waals surface area contributed by atoms with Gasteiger partial charge in [-0.05, 0) is 18.4 Å². The Balaban J connectivity index is 2.07. The molecule has 0 bridgehead atoms. The largest absolute Gasteiger partial charge is 0.377 e. The lowest BCUT2D eigenvalue weighted by Gasteiger charge is -1.97. The van der Waals surface area contributed by atoms with Gasteiger partial charge in [-0.2, -0.15) is 0 Å². The fraction of sp³-hybridized carbons (Fsp3) is 0.333. The summed E-state index contributed by atoms with van der Waals surface area (Å²) in [5, 5.41) is 0. The van der Waals surface area contributed by atoms with Gasteiger partial charge < -0.3 is 4.74 Å². The smallest absolute Gasteiger partial charge is 0.0650 e. The quantitative estimate of drug-likeness (QED) is 0.493. The molecule has 0 N–H and O–H groups in total. The van der Waals surface area contributed by atoms with E-state index in [0.29, 0.717) is 6.61 Å². The summed E-state index contributed by atoms with van der Waals surface area (Å²) in [5.41, 5.74) is 1.22. The summed E-state index contributed by atoms with van der Waals surface area (Å²) in [7, 11) is 0. The summed E-state index contributed by atoms with van der Waals surface area (Å²) < 4.78 is 5.46. The maximum absolute atomic E-state index is 5.46. The molecule has 16 heavy (non-hydrogen) atoms. The van der Waals surface area contributed by atoms with Gasteiger partial charge >= 0.3 is 0 Å². The molecule has 0 saturated carbocycles. The van der Waals surface area contributed by atoms with E-state index in [1.165, 1.54) is 5.56 Å². The van der Waals surface area contributed by atoms with Gasteiger partial charge in [-0.15, -0.1) is 0 Å². The van der Waals surface area contributed by atoms with Crippen molar-refractivity contribution in [1.82, 2.24) is 0 Å². The van der Waals surface area contributed by atoms with Crippen LogP contribution in [0, 0.1) is 0 Å². The summed E-state index contributed by atoms with van der Waals surface area (Å²) in [6.07, 6.45) is 10.6. The molecule has 1 rings (SSSR count). The topological polar surface area (TPSA) is 9.23 Å². The number of benzene rings is 1. The second-order valence-corrected chi connectivity index (χ2v) is 3.56. The third-order valence-electron chi connectivity index (χ3n) is 2.16. The molecule has 86 valence electrons. The molecule has 0 aliphatic heterocycles. The van der Waals surface area contributed by atoms with Gasteiger partial charge in [-0.1, -0.05) is 61.6 Å². The summed E-state index contributed by atoms with van der Waals surface area (Å²) in [4.78, 5) is 0. The molecule has 0 aliphatic carbocycles. The van der Waals surface area contributed by atoms with E-state index in [4.69, 9.17) is 4.74 Å². The fourth-order valence-corrected chi connectivity index (χ4v) is 1.34. The highest BCUT2D eigenvalue weighted by Crippen LogP contribution is 2.00. The highest BCUT2D eigenvalue weighted by atomic mass is 16.5.